The third kappa shape index (κ3) is 15.4. The van der Waals surface area contributed by atoms with Crippen molar-refractivity contribution >= 4 is 37.6 Å². The predicted molar refractivity (Wildman–Crippen MR) is 91.0 cm³/mol. The van der Waals surface area contributed by atoms with Gasteiger partial charge >= 0.3 is 12.1 Å². The molecule has 0 rings (SSSR count). The smallest absolute Gasteiger partial charge is 0.347 e. The topological polar surface area (TPSA) is 87.8 Å². The molecule has 0 aliphatic rings. The molecule has 0 spiro atoms. The summed E-state index contributed by atoms with van der Waals surface area (Å²) in [5, 5.41) is 1.58. The van der Waals surface area contributed by atoms with Crippen LogP contribution in [0.15, 0.2) is 12.7 Å². The number of hydrogen-bond acceptors (Lipinski definition) is 5. The third-order valence-corrected chi connectivity index (χ3v) is 3.78. The largest absolute Gasteiger partial charge is 0.471 e. The average Bonchev–Trinajstić information content (AvgIpc) is 2.52. The van der Waals surface area contributed by atoms with Crippen molar-refractivity contribution in [3.8, 4) is 0 Å². The van der Waals surface area contributed by atoms with Crippen LogP contribution in [0.2, 0.25) is 0 Å². The van der Waals surface area contributed by atoms with Crippen LogP contribution < -0.4 is 11.1 Å². The van der Waals surface area contributed by atoms with E-state index in [1.807, 2.05) is 0 Å². The van der Waals surface area contributed by atoms with Crippen LogP contribution in [0, 0.1) is 0 Å². The maximum atomic E-state index is 11.3. The first kappa shape index (κ1) is 26.1. The Bertz CT molecular complexity index is 336. The second-order valence-corrected chi connectivity index (χ2v) is 6.12. The van der Waals surface area contributed by atoms with Crippen LogP contribution in [-0.2, 0) is 9.32 Å². The van der Waals surface area contributed by atoms with Gasteiger partial charge < -0.3 is 20.5 Å². The lowest BCUT2D eigenvalue weighted by atomic mass is 10.5. The predicted octanol–water partition coefficient (Wildman–Crippen LogP) is 2.20. The molecule has 1 amide bonds. The highest BCUT2D eigenvalue weighted by atomic mass is 35.5. The number of rotatable bonds is 11. The normalized spacial score (nSPS) is 12.3. The third-order valence-electron chi connectivity index (χ3n) is 2.14. The number of carbonyl (C=O) groups excluding carboxylic acids is 1. The zero-order chi connectivity index (χ0) is 19.0. The van der Waals surface area contributed by atoms with Crippen LogP contribution in [0.5, 0.6) is 0 Å². The molecule has 0 aromatic carbocycles. The fourth-order valence-corrected chi connectivity index (χ4v) is 2.68. The van der Waals surface area contributed by atoms with Gasteiger partial charge in [-0.2, -0.15) is 13.2 Å². The van der Waals surface area contributed by atoms with Gasteiger partial charge in [0.2, 0.25) is 0 Å². The molecule has 0 saturated carbocycles. The van der Waals surface area contributed by atoms with E-state index < -0.39 is 20.6 Å². The number of nitrogens with one attached hydrogen (secondary N) is 1. The highest BCUT2D eigenvalue weighted by molar-refractivity contribution is 7.43. The quantitative estimate of drug-likeness (QED) is 0.208. The Morgan fingerprint density at radius 3 is 2.29 bits per heavy atom. The van der Waals surface area contributed by atoms with Crippen LogP contribution in [0.25, 0.3) is 0 Å². The molecule has 0 heterocycles. The standard InChI is InChI=1S/C8H16Cl2NO2P.C4H7F3N2O/c1-2-3-8-13-14(12)11(6-4-9)7-5-10;5-4(6,7)3(10)9-2-1-8/h2,12H,1,3-8H2;1-2,8H2,(H,9,10). The highest BCUT2D eigenvalue weighted by Gasteiger charge is 2.37. The maximum absolute atomic E-state index is 11.3. The van der Waals surface area contributed by atoms with Crippen molar-refractivity contribution < 1.29 is 27.4 Å². The summed E-state index contributed by atoms with van der Waals surface area (Å²) in [6.45, 7) is 5.07. The van der Waals surface area contributed by atoms with Crippen molar-refractivity contribution in [2.24, 2.45) is 5.73 Å². The molecule has 0 bridgehead atoms. The molecular formula is C12H23Cl2F3N3O3P. The van der Waals surface area contributed by atoms with Crippen LogP contribution in [-0.4, -0.2) is 66.2 Å². The lowest BCUT2D eigenvalue weighted by molar-refractivity contribution is -0.173. The van der Waals surface area contributed by atoms with E-state index in [9.17, 15) is 22.9 Å². The molecule has 0 aromatic rings. The first-order valence-electron chi connectivity index (χ1n) is 6.89. The summed E-state index contributed by atoms with van der Waals surface area (Å²) in [5.74, 6) is -1.03. The van der Waals surface area contributed by atoms with Gasteiger partial charge in [-0.15, -0.1) is 29.8 Å². The van der Waals surface area contributed by atoms with E-state index in [-0.39, 0.29) is 13.1 Å². The molecule has 0 saturated heterocycles. The van der Waals surface area contributed by atoms with E-state index in [0.717, 1.165) is 6.42 Å². The van der Waals surface area contributed by atoms with Crippen molar-refractivity contribution in [3.05, 3.63) is 12.7 Å². The molecular weight excluding hydrogens is 393 g/mol. The van der Waals surface area contributed by atoms with Crippen molar-refractivity contribution in [1.82, 2.24) is 9.99 Å². The van der Waals surface area contributed by atoms with Gasteiger partial charge in [-0.1, -0.05) is 6.08 Å². The van der Waals surface area contributed by atoms with Gasteiger partial charge in [-0.05, 0) is 6.42 Å². The minimum atomic E-state index is -4.80. The number of amides is 1. The van der Waals surface area contributed by atoms with Crippen molar-refractivity contribution in [2.75, 3.05) is 44.5 Å². The molecule has 0 fully saturated rings. The summed E-state index contributed by atoms with van der Waals surface area (Å²) in [4.78, 5) is 19.5. The van der Waals surface area contributed by atoms with E-state index in [2.05, 4.69) is 6.58 Å². The zero-order valence-corrected chi connectivity index (χ0v) is 15.5. The van der Waals surface area contributed by atoms with E-state index in [0.29, 0.717) is 31.5 Å². The van der Waals surface area contributed by atoms with Gasteiger partial charge in [0.1, 0.15) is 0 Å². The summed E-state index contributed by atoms with van der Waals surface area (Å²) in [5.41, 5.74) is 4.84. The maximum Gasteiger partial charge on any atom is 0.471 e. The molecule has 0 aliphatic heterocycles. The molecule has 6 nitrogen and oxygen atoms in total. The van der Waals surface area contributed by atoms with Crippen LogP contribution in [0.4, 0.5) is 13.2 Å². The van der Waals surface area contributed by atoms with Gasteiger partial charge in [0, 0.05) is 37.9 Å². The van der Waals surface area contributed by atoms with Crippen molar-refractivity contribution in [1.29, 1.82) is 0 Å². The van der Waals surface area contributed by atoms with Gasteiger partial charge in [-0.3, -0.25) is 4.79 Å². The van der Waals surface area contributed by atoms with Crippen LogP contribution >= 0.6 is 31.7 Å². The minimum absolute atomic E-state index is 0.00181. The summed E-state index contributed by atoms with van der Waals surface area (Å²) < 4.78 is 40.9. The molecule has 24 heavy (non-hydrogen) atoms. The molecule has 0 aromatic heterocycles. The molecule has 12 heteroatoms. The molecule has 1 atom stereocenters. The first-order valence-corrected chi connectivity index (χ1v) is 9.12. The van der Waals surface area contributed by atoms with E-state index in [1.54, 1.807) is 16.1 Å². The molecule has 0 aliphatic carbocycles. The fraction of sp³-hybridized carbons (Fsp3) is 0.750. The van der Waals surface area contributed by atoms with E-state index in [4.69, 9.17) is 33.5 Å². The monoisotopic (exact) mass is 415 g/mol. The SMILES string of the molecule is C=CCCOP(O)N(CCCl)CCCl.NCCNC(=O)C(F)(F)F. The van der Waals surface area contributed by atoms with Gasteiger partial charge in [-0.25, -0.2) is 4.67 Å². The first-order chi connectivity index (χ1) is 11.2. The number of nitrogens with zero attached hydrogens (tertiary/aromatic N) is 1. The summed E-state index contributed by atoms with van der Waals surface area (Å²) in [6, 6.07) is 0. The van der Waals surface area contributed by atoms with E-state index >= 15 is 0 Å². The Labute approximate surface area is 151 Å². The second-order valence-electron chi connectivity index (χ2n) is 4.04. The van der Waals surface area contributed by atoms with Crippen molar-refractivity contribution in [2.45, 2.75) is 12.6 Å². The number of hydrogen-bond donors (Lipinski definition) is 3. The van der Waals surface area contributed by atoms with E-state index in [1.165, 1.54) is 0 Å². The summed E-state index contributed by atoms with van der Waals surface area (Å²) in [6.07, 6.45) is -2.32. The number of nitrogens with two attached hydrogens (primary N) is 1. The van der Waals surface area contributed by atoms with Gasteiger partial charge in [0.05, 0.1) is 6.61 Å². The lowest BCUT2D eigenvalue weighted by Gasteiger charge is -2.23. The Hall–Kier alpha value is -0.150. The Morgan fingerprint density at radius 1 is 1.38 bits per heavy atom. The Balaban J connectivity index is 0. The highest BCUT2D eigenvalue weighted by Crippen LogP contribution is 2.36. The lowest BCUT2D eigenvalue weighted by Crippen LogP contribution is -2.39. The fourth-order valence-electron chi connectivity index (χ4n) is 1.06. The second kappa shape index (κ2) is 16.3. The van der Waals surface area contributed by atoms with Gasteiger partial charge in [0.15, 0.2) is 0 Å². The Morgan fingerprint density at radius 2 is 1.92 bits per heavy atom. The zero-order valence-electron chi connectivity index (χ0n) is 13.1. The summed E-state index contributed by atoms with van der Waals surface area (Å²) in [7, 11) is -1.55. The van der Waals surface area contributed by atoms with Crippen LogP contribution in [0.3, 0.4) is 0 Å². The average molecular weight is 416 g/mol. The molecule has 1 unspecified atom stereocenters. The van der Waals surface area contributed by atoms with Crippen molar-refractivity contribution in [3.63, 3.8) is 0 Å². The molecule has 144 valence electrons. The van der Waals surface area contributed by atoms with Gasteiger partial charge in [0.25, 0.3) is 8.53 Å². The Kier molecular flexibility index (Phi) is 17.7. The molecule has 4 N–H and O–H groups in total. The number of carbonyl (C=O) groups is 1. The number of halogens is 5. The number of alkyl halides is 5. The molecule has 0 radical (unpaired) electrons. The minimum Gasteiger partial charge on any atom is -0.347 e. The summed E-state index contributed by atoms with van der Waals surface area (Å²) >= 11 is 11.2. The van der Waals surface area contributed by atoms with Crippen LogP contribution in [0.1, 0.15) is 6.42 Å².